The molecule has 6 nitrogen and oxygen atoms in total. The molecule has 2 aliphatic rings. The second kappa shape index (κ2) is 8.87. The fourth-order valence-corrected chi connectivity index (χ4v) is 5.35. The van der Waals surface area contributed by atoms with Crippen LogP contribution < -0.4 is 10.4 Å². The smallest absolute Gasteiger partial charge is 0.341 e. The van der Waals surface area contributed by atoms with Crippen LogP contribution in [0.3, 0.4) is 0 Å². The van der Waals surface area contributed by atoms with E-state index in [1.165, 1.54) is 11.3 Å². The number of fused-ring (bicyclic) bond motifs is 1. The van der Waals surface area contributed by atoms with E-state index in [4.69, 9.17) is 4.74 Å². The Balaban J connectivity index is 1.85. The quantitative estimate of drug-likeness (QED) is 0.751. The average molecular weight is 392 g/mol. The lowest BCUT2D eigenvalue weighted by Gasteiger charge is -2.31. The molecule has 1 aromatic rings. The number of esters is 1. The molecule has 1 aromatic heterocycles. The van der Waals surface area contributed by atoms with E-state index in [2.05, 4.69) is 5.32 Å². The molecule has 27 heavy (non-hydrogen) atoms. The van der Waals surface area contributed by atoms with Crippen LogP contribution in [0.5, 0.6) is 0 Å². The first-order valence-electron chi connectivity index (χ1n) is 9.86. The molecule has 2 atom stereocenters. The summed E-state index contributed by atoms with van der Waals surface area (Å²) in [5.41, 5.74) is 1.46. The van der Waals surface area contributed by atoms with Gasteiger partial charge in [-0.05, 0) is 50.5 Å². The summed E-state index contributed by atoms with van der Waals surface area (Å²) in [5.74, 6) is -3.26. The highest BCUT2D eigenvalue weighted by Gasteiger charge is 2.34. The number of carbonyl (C=O) groups is 3. The van der Waals surface area contributed by atoms with Crippen molar-refractivity contribution in [3.63, 3.8) is 0 Å². The molecule has 1 N–H and O–H groups in total. The average Bonchev–Trinajstić information content (AvgIpc) is 3.03. The normalized spacial score (nSPS) is 22.0. The third kappa shape index (κ3) is 4.34. The summed E-state index contributed by atoms with van der Waals surface area (Å²) in [6, 6.07) is 0. The highest BCUT2D eigenvalue weighted by molar-refractivity contribution is 7.17. The molecule has 1 fully saturated rings. The molecule has 0 spiro atoms. The molecule has 0 saturated heterocycles. The molecule has 2 aliphatic carbocycles. The van der Waals surface area contributed by atoms with Crippen LogP contribution in [0, 0.1) is 11.8 Å². The zero-order valence-corrected chi connectivity index (χ0v) is 16.5. The molecule has 7 heteroatoms. The molecule has 0 aromatic carbocycles. The first-order chi connectivity index (χ1) is 13.0. The Kier molecular flexibility index (Phi) is 6.52. The first kappa shape index (κ1) is 19.9. The summed E-state index contributed by atoms with van der Waals surface area (Å²) in [6.45, 7) is 2.27. The van der Waals surface area contributed by atoms with Gasteiger partial charge in [0, 0.05) is 22.7 Å². The minimum Gasteiger partial charge on any atom is -0.550 e. The Bertz CT molecular complexity index is 726. The summed E-state index contributed by atoms with van der Waals surface area (Å²) in [7, 11) is 0. The van der Waals surface area contributed by atoms with Crippen LogP contribution in [-0.2, 0) is 27.2 Å². The predicted molar refractivity (Wildman–Crippen MR) is 101 cm³/mol. The zero-order chi connectivity index (χ0) is 19.4. The maximum absolute atomic E-state index is 12.8. The van der Waals surface area contributed by atoms with E-state index in [0.717, 1.165) is 55.4 Å². The van der Waals surface area contributed by atoms with Gasteiger partial charge in [0.25, 0.3) is 0 Å². The summed E-state index contributed by atoms with van der Waals surface area (Å²) < 4.78 is 5.34. The van der Waals surface area contributed by atoms with E-state index >= 15 is 0 Å². The van der Waals surface area contributed by atoms with E-state index in [0.29, 0.717) is 30.0 Å². The van der Waals surface area contributed by atoms with Crippen LogP contribution in [0.4, 0.5) is 5.00 Å². The number of thiophene rings is 1. The van der Waals surface area contributed by atoms with Crippen LogP contribution in [-0.4, -0.2) is 24.5 Å². The molecule has 148 valence electrons. The zero-order valence-electron chi connectivity index (χ0n) is 15.7. The van der Waals surface area contributed by atoms with Gasteiger partial charge in [-0.25, -0.2) is 4.79 Å². The van der Waals surface area contributed by atoms with Crippen LogP contribution >= 0.6 is 11.3 Å². The molecule has 1 saturated carbocycles. The molecule has 0 unspecified atom stereocenters. The van der Waals surface area contributed by atoms with E-state index < -0.39 is 23.8 Å². The number of aliphatic carboxylic acids is 1. The summed E-state index contributed by atoms with van der Waals surface area (Å²) >= 11 is 1.43. The highest BCUT2D eigenvalue weighted by Crippen LogP contribution is 2.39. The molecule has 3 rings (SSSR count). The number of amides is 1. The second-order valence-electron chi connectivity index (χ2n) is 7.36. The number of rotatable bonds is 6. The number of anilines is 1. The largest absolute Gasteiger partial charge is 0.550 e. The SMILES string of the molecule is CCCOC(=O)c1c(NC(=O)[C@H]2CCCC[C@H]2C(=O)[O-])sc2c1CCCC2. The molecule has 0 aliphatic heterocycles. The van der Waals surface area contributed by atoms with Crippen molar-refractivity contribution in [3.8, 4) is 0 Å². The van der Waals surface area contributed by atoms with Gasteiger partial charge >= 0.3 is 5.97 Å². The van der Waals surface area contributed by atoms with Crippen molar-refractivity contribution in [2.24, 2.45) is 11.8 Å². The number of carboxylic acid groups (broad SMARTS) is 1. The fourth-order valence-electron chi connectivity index (χ4n) is 4.07. The van der Waals surface area contributed by atoms with E-state index in [-0.39, 0.29) is 5.91 Å². The van der Waals surface area contributed by atoms with Gasteiger partial charge in [0.1, 0.15) is 5.00 Å². The lowest BCUT2D eigenvalue weighted by Crippen LogP contribution is -2.42. The molecule has 1 amide bonds. The van der Waals surface area contributed by atoms with Gasteiger partial charge in [-0.3, -0.25) is 4.79 Å². The predicted octanol–water partition coefficient (Wildman–Crippen LogP) is 2.69. The second-order valence-corrected chi connectivity index (χ2v) is 8.46. The minimum atomic E-state index is -1.16. The lowest BCUT2D eigenvalue weighted by atomic mass is 9.78. The number of carbonyl (C=O) groups excluding carboxylic acids is 3. The van der Waals surface area contributed by atoms with E-state index in [1.807, 2.05) is 6.92 Å². The number of carboxylic acids is 1. The molecular weight excluding hydrogens is 366 g/mol. The van der Waals surface area contributed by atoms with Crippen LogP contribution in [0.2, 0.25) is 0 Å². The first-order valence-corrected chi connectivity index (χ1v) is 10.7. The van der Waals surface area contributed by atoms with Crippen molar-refractivity contribution in [1.82, 2.24) is 0 Å². The highest BCUT2D eigenvalue weighted by atomic mass is 32.1. The maximum atomic E-state index is 12.8. The van der Waals surface area contributed by atoms with E-state index in [1.54, 1.807) is 0 Å². The van der Waals surface area contributed by atoms with Crippen molar-refractivity contribution in [2.45, 2.75) is 64.7 Å². The van der Waals surface area contributed by atoms with Crippen LogP contribution in [0.25, 0.3) is 0 Å². The van der Waals surface area contributed by atoms with Gasteiger partial charge in [0.15, 0.2) is 0 Å². The summed E-state index contributed by atoms with van der Waals surface area (Å²) in [5, 5.41) is 14.8. The maximum Gasteiger partial charge on any atom is 0.341 e. The number of hydrogen-bond donors (Lipinski definition) is 1. The standard InChI is InChI=1S/C20H27NO5S/c1-2-11-26-20(25)16-14-9-5-6-10-15(14)27-18(16)21-17(22)12-7-3-4-8-13(12)19(23)24/h12-13H,2-11H2,1H3,(H,21,22)(H,23,24)/p-1/t12-,13+/m0/s1. The minimum absolute atomic E-state index is 0.327. The van der Waals surface area contributed by atoms with Gasteiger partial charge in [-0.2, -0.15) is 0 Å². The van der Waals surface area contributed by atoms with E-state index in [9.17, 15) is 19.5 Å². The third-order valence-electron chi connectivity index (χ3n) is 5.45. The van der Waals surface area contributed by atoms with Gasteiger partial charge < -0.3 is 20.0 Å². The van der Waals surface area contributed by atoms with Crippen molar-refractivity contribution >= 4 is 34.2 Å². The Hall–Kier alpha value is -1.89. The van der Waals surface area contributed by atoms with Crippen molar-refractivity contribution in [3.05, 3.63) is 16.0 Å². The Labute approximate surface area is 163 Å². The lowest BCUT2D eigenvalue weighted by molar-refractivity contribution is -0.313. The monoisotopic (exact) mass is 392 g/mol. The molecule has 1 heterocycles. The number of ether oxygens (including phenoxy) is 1. The Morgan fingerprint density at radius 3 is 2.52 bits per heavy atom. The molecular formula is C20H26NO5S-. The molecule has 0 bridgehead atoms. The van der Waals surface area contributed by atoms with Crippen molar-refractivity contribution in [1.29, 1.82) is 0 Å². The number of aryl methyl sites for hydroxylation is 1. The molecule has 0 radical (unpaired) electrons. The Morgan fingerprint density at radius 1 is 1.11 bits per heavy atom. The summed E-state index contributed by atoms with van der Waals surface area (Å²) in [4.78, 5) is 38.0. The van der Waals surface area contributed by atoms with Gasteiger partial charge in [-0.15, -0.1) is 11.3 Å². The van der Waals surface area contributed by atoms with Gasteiger partial charge in [0.05, 0.1) is 12.2 Å². The van der Waals surface area contributed by atoms with Crippen molar-refractivity contribution in [2.75, 3.05) is 11.9 Å². The van der Waals surface area contributed by atoms with Crippen LogP contribution in [0.15, 0.2) is 0 Å². The van der Waals surface area contributed by atoms with Gasteiger partial charge in [0.2, 0.25) is 5.91 Å². The summed E-state index contributed by atoms with van der Waals surface area (Å²) in [6.07, 6.45) is 7.14. The number of hydrogen-bond acceptors (Lipinski definition) is 6. The van der Waals surface area contributed by atoms with Gasteiger partial charge in [-0.1, -0.05) is 19.8 Å². The Morgan fingerprint density at radius 2 is 1.81 bits per heavy atom. The topological polar surface area (TPSA) is 95.5 Å². The van der Waals surface area contributed by atoms with Crippen molar-refractivity contribution < 1.29 is 24.2 Å². The van der Waals surface area contributed by atoms with Crippen LogP contribution in [0.1, 0.15) is 72.7 Å². The fraction of sp³-hybridized carbons (Fsp3) is 0.650. The number of nitrogens with one attached hydrogen (secondary N) is 1. The third-order valence-corrected chi connectivity index (χ3v) is 6.66.